The summed E-state index contributed by atoms with van der Waals surface area (Å²) in [5.74, 6) is -0.524. The predicted octanol–water partition coefficient (Wildman–Crippen LogP) is 1.16. The molecule has 1 aromatic rings. The molecule has 2 rings (SSSR count). The zero-order chi connectivity index (χ0) is 16.7. The quantitative estimate of drug-likeness (QED) is 0.893. The van der Waals surface area contributed by atoms with E-state index in [1.165, 1.54) is 6.92 Å². The molecule has 0 spiro atoms. The normalized spacial score (nSPS) is 23.1. The Morgan fingerprint density at radius 3 is 2.55 bits per heavy atom. The number of nitrogens with zero attached hydrogens (tertiary/aromatic N) is 3. The molecule has 0 bridgehead atoms. The lowest BCUT2D eigenvalue weighted by molar-refractivity contribution is -0.141. The third-order valence-electron chi connectivity index (χ3n) is 3.63. The largest absolute Gasteiger partial charge is 0.433 e. The number of hydrogen-bond acceptors (Lipinski definition) is 5. The van der Waals surface area contributed by atoms with Gasteiger partial charge in [-0.25, -0.2) is 23.5 Å². The molecule has 0 amide bonds. The molecule has 1 fully saturated rings. The molecular formula is C12H17F3N4O2S. The highest BCUT2D eigenvalue weighted by molar-refractivity contribution is 7.89. The van der Waals surface area contributed by atoms with E-state index < -0.39 is 21.9 Å². The molecule has 0 radical (unpaired) electrons. The van der Waals surface area contributed by atoms with Gasteiger partial charge in [-0.2, -0.15) is 13.2 Å². The molecule has 6 nitrogen and oxygen atoms in total. The lowest BCUT2D eigenvalue weighted by Gasteiger charge is -2.18. The van der Waals surface area contributed by atoms with Gasteiger partial charge in [0.15, 0.2) is 0 Å². The van der Waals surface area contributed by atoms with Gasteiger partial charge in [0, 0.05) is 18.8 Å². The maximum Gasteiger partial charge on any atom is 0.433 e. The van der Waals surface area contributed by atoms with Crippen molar-refractivity contribution in [2.75, 3.05) is 23.7 Å². The van der Waals surface area contributed by atoms with Gasteiger partial charge in [-0.3, -0.25) is 0 Å². The van der Waals surface area contributed by atoms with Crippen LogP contribution in [0.1, 0.15) is 18.3 Å². The highest BCUT2D eigenvalue weighted by atomic mass is 32.2. The zero-order valence-corrected chi connectivity index (χ0v) is 12.9. The molecule has 0 aliphatic carbocycles. The second kappa shape index (κ2) is 5.65. The minimum absolute atomic E-state index is 0.0308. The second-order valence-corrected chi connectivity index (χ2v) is 7.32. The summed E-state index contributed by atoms with van der Waals surface area (Å²) in [6.45, 7) is 3.94. The van der Waals surface area contributed by atoms with Gasteiger partial charge in [-0.05, 0) is 24.8 Å². The van der Waals surface area contributed by atoms with Crippen LogP contribution in [0.15, 0.2) is 6.07 Å². The van der Waals surface area contributed by atoms with Crippen LogP contribution in [0.2, 0.25) is 0 Å². The van der Waals surface area contributed by atoms with E-state index in [1.807, 2.05) is 6.92 Å². The van der Waals surface area contributed by atoms with E-state index in [2.05, 4.69) is 9.97 Å². The lowest BCUT2D eigenvalue weighted by Crippen LogP contribution is -2.28. The molecule has 0 saturated carbocycles. The Kier molecular flexibility index (Phi) is 4.35. The van der Waals surface area contributed by atoms with Crippen LogP contribution in [0.3, 0.4) is 0 Å². The first-order chi connectivity index (χ1) is 9.95. The van der Waals surface area contributed by atoms with Crippen molar-refractivity contribution in [2.45, 2.75) is 20.0 Å². The fourth-order valence-electron chi connectivity index (χ4n) is 2.55. The first-order valence-electron chi connectivity index (χ1n) is 6.64. The minimum atomic E-state index is -4.55. The highest BCUT2D eigenvalue weighted by Gasteiger charge is 2.36. The third-order valence-corrected chi connectivity index (χ3v) is 4.52. The average molecular weight is 338 g/mol. The summed E-state index contributed by atoms with van der Waals surface area (Å²) in [4.78, 5) is 9.16. The van der Waals surface area contributed by atoms with Crippen molar-refractivity contribution in [3.8, 4) is 0 Å². The molecule has 1 aromatic heterocycles. The first-order valence-corrected chi connectivity index (χ1v) is 8.35. The monoisotopic (exact) mass is 338 g/mol. The summed E-state index contributed by atoms with van der Waals surface area (Å²) < 4.78 is 60.8. The molecule has 0 aromatic carbocycles. The number of hydrogen-bond donors (Lipinski definition) is 1. The van der Waals surface area contributed by atoms with E-state index >= 15 is 0 Å². The van der Waals surface area contributed by atoms with Gasteiger partial charge < -0.3 is 4.90 Å². The molecule has 1 aliphatic rings. The van der Waals surface area contributed by atoms with Gasteiger partial charge >= 0.3 is 6.18 Å². The Balaban J connectivity index is 2.25. The highest BCUT2D eigenvalue weighted by Crippen LogP contribution is 2.31. The van der Waals surface area contributed by atoms with E-state index in [1.54, 1.807) is 4.90 Å². The van der Waals surface area contributed by atoms with Crippen LogP contribution in [-0.4, -0.2) is 37.2 Å². The summed E-state index contributed by atoms with van der Waals surface area (Å²) in [6, 6.07) is 0.880. The maximum atomic E-state index is 12.8. The van der Waals surface area contributed by atoms with Gasteiger partial charge in [0.25, 0.3) is 0 Å². The Labute approximate surface area is 126 Å². The molecule has 2 N–H and O–H groups in total. The third kappa shape index (κ3) is 4.07. The molecule has 2 atom stereocenters. The van der Waals surface area contributed by atoms with Crippen LogP contribution in [-0.2, 0) is 16.2 Å². The van der Waals surface area contributed by atoms with E-state index in [9.17, 15) is 21.6 Å². The van der Waals surface area contributed by atoms with Gasteiger partial charge in [-0.15, -0.1) is 0 Å². The van der Waals surface area contributed by atoms with Crippen LogP contribution in [0, 0.1) is 18.8 Å². The van der Waals surface area contributed by atoms with E-state index in [-0.39, 0.29) is 35.8 Å². The maximum absolute atomic E-state index is 12.8. The standard InChI is InChI=1S/C12H17F3N4O2S/c1-7-4-19(5-9(7)6-22(16,20)21)11-17-8(2)3-10(18-11)12(13,14)15/h3,7,9H,4-6H2,1-2H3,(H2,16,20,21)/t7-,9+/m1/s1. The Bertz CT molecular complexity index is 663. The number of halogens is 3. The van der Waals surface area contributed by atoms with Crippen LogP contribution in [0.25, 0.3) is 0 Å². The Morgan fingerprint density at radius 1 is 1.36 bits per heavy atom. The van der Waals surface area contributed by atoms with Crippen LogP contribution in [0.4, 0.5) is 19.1 Å². The smallest absolute Gasteiger partial charge is 0.340 e. The van der Waals surface area contributed by atoms with Crippen molar-refractivity contribution in [3.63, 3.8) is 0 Å². The average Bonchev–Trinajstić information content (AvgIpc) is 2.67. The Morgan fingerprint density at radius 2 is 2.00 bits per heavy atom. The fraction of sp³-hybridized carbons (Fsp3) is 0.667. The topological polar surface area (TPSA) is 89.2 Å². The minimum Gasteiger partial charge on any atom is -0.340 e. The number of nitrogens with two attached hydrogens (primary N) is 1. The fourth-order valence-corrected chi connectivity index (χ4v) is 3.58. The number of primary sulfonamides is 1. The Hall–Kier alpha value is -1.42. The van der Waals surface area contributed by atoms with E-state index in [4.69, 9.17) is 5.14 Å². The lowest BCUT2D eigenvalue weighted by atomic mass is 10.0. The number of alkyl halides is 3. The van der Waals surface area contributed by atoms with Crippen molar-refractivity contribution < 1.29 is 21.6 Å². The van der Waals surface area contributed by atoms with Crippen molar-refractivity contribution in [2.24, 2.45) is 17.0 Å². The van der Waals surface area contributed by atoms with Crippen LogP contribution < -0.4 is 10.0 Å². The van der Waals surface area contributed by atoms with Crippen molar-refractivity contribution >= 4 is 16.0 Å². The molecule has 0 unspecified atom stereocenters. The summed E-state index contributed by atoms with van der Waals surface area (Å²) in [6.07, 6.45) is -4.55. The molecule has 2 heterocycles. The molecule has 124 valence electrons. The molecule has 10 heteroatoms. The number of aromatic nitrogens is 2. The van der Waals surface area contributed by atoms with Crippen LogP contribution in [0.5, 0.6) is 0 Å². The number of aryl methyl sites for hydroxylation is 1. The van der Waals surface area contributed by atoms with Crippen molar-refractivity contribution in [1.29, 1.82) is 0 Å². The zero-order valence-electron chi connectivity index (χ0n) is 12.1. The summed E-state index contributed by atoms with van der Waals surface area (Å²) in [5, 5.41) is 5.04. The molecular weight excluding hydrogens is 321 g/mol. The van der Waals surface area contributed by atoms with E-state index in [0.717, 1.165) is 6.07 Å². The first kappa shape index (κ1) is 16.9. The molecule has 22 heavy (non-hydrogen) atoms. The van der Waals surface area contributed by atoms with Gasteiger partial charge in [0.05, 0.1) is 5.75 Å². The predicted molar refractivity (Wildman–Crippen MR) is 74.6 cm³/mol. The van der Waals surface area contributed by atoms with Crippen molar-refractivity contribution in [3.05, 3.63) is 17.5 Å². The summed E-state index contributed by atoms with van der Waals surface area (Å²) in [7, 11) is -3.63. The second-order valence-electron chi connectivity index (χ2n) is 5.66. The SMILES string of the molecule is Cc1cc(C(F)(F)F)nc(N2C[C@@H](CS(N)(=O)=O)[C@H](C)C2)n1. The summed E-state index contributed by atoms with van der Waals surface area (Å²) >= 11 is 0. The van der Waals surface area contributed by atoms with E-state index in [0.29, 0.717) is 6.54 Å². The van der Waals surface area contributed by atoms with Gasteiger partial charge in [-0.1, -0.05) is 6.92 Å². The number of anilines is 1. The van der Waals surface area contributed by atoms with Crippen molar-refractivity contribution in [1.82, 2.24) is 9.97 Å². The number of rotatable bonds is 3. The van der Waals surface area contributed by atoms with Gasteiger partial charge in [0.2, 0.25) is 16.0 Å². The number of sulfonamides is 1. The molecule has 1 aliphatic heterocycles. The summed E-state index contributed by atoms with van der Waals surface area (Å²) in [5.41, 5.74) is -0.794. The van der Waals surface area contributed by atoms with Gasteiger partial charge in [0.1, 0.15) is 5.69 Å². The molecule has 1 saturated heterocycles. The van der Waals surface area contributed by atoms with Crippen LogP contribution >= 0.6 is 0 Å².